The summed E-state index contributed by atoms with van der Waals surface area (Å²) in [5.74, 6) is -1.33. The molecule has 1 atom stereocenters. The predicted octanol–water partition coefficient (Wildman–Crippen LogP) is -0.124. The van der Waals surface area contributed by atoms with Crippen molar-refractivity contribution in [3.05, 3.63) is 0 Å². The number of carbonyl (C=O) groups excluding carboxylic acids is 3. The first-order chi connectivity index (χ1) is 6.63. The van der Waals surface area contributed by atoms with Crippen LogP contribution < -0.4 is 5.32 Å². The molecular formula is C8H10N2O4. The number of carbonyl (C=O) groups is 3. The molecule has 0 aromatic heterocycles. The smallest absolute Gasteiger partial charge is 0.347 e. The van der Waals surface area contributed by atoms with Crippen LogP contribution in [-0.2, 0) is 14.3 Å². The molecular weight excluding hydrogens is 188 g/mol. The lowest BCUT2D eigenvalue weighted by Gasteiger charge is -2.13. The fourth-order valence-electron chi connectivity index (χ4n) is 1.04. The molecule has 1 heterocycles. The molecule has 6 heteroatoms. The first kappa shape index (κ1) is 10.4. The Balaban J connectivity index is 2.45. The highest BCUT2D eigenvalue weighted by molar-refractivity contribution is 6.09. The average Bonchev–Trinajstić information content (AvgIpc) is 2.16. The number of hydrogen-bond donors (Lipinski definition) is 1. The number of aliphatic imine (C=N–C) groups is 1. The highest BCUT2D eigenvalue weighted by atomic mass is 16.5. The molecule has 76 valence electrons. The third kappa shape index (κ3) is 2.65. The lowest BCUT2D eigenvalue weighted by atomic mass is 10.0. The zero-order valence-corrected chi connectivity index (χ0v) is 7.65. The third-order valence-corrected chi connectivity index (χ3v) is 1.83. The highest BCUT2D eigenvalue weighted by Crippen LogP contribution is 2.08. The minimum absolute atomic E-state index is 0.134. The molecule has 0 aromatic rings. The standard InChI is InChI=1S/C8H10N2O4/c1-14-6(11)3-2-5-4-9-8(13)10-7(5)12/h4-5H,2-3H2,1H3,(H,10,12,13). The van der Waals surface area contributed by atoms with Crippen molar-refractivity contribution in [2.45, 2.75) is 12.8 Å². The summed E-state index contributed by atoms with van der Waals surface area (Å²) in [5, 5.41) is 2.04. The molecule has 0 fully saturated rings. The van der Waals surface area contributed by atoms with Crippen LogP contribution in [0.2, 0.25) is 0 Å². The van der Waals surface area contributed by atoms with Crippen LogP contribution in [0.3, 0.4) is 0 Å². The van der Waals surface area contributed by atoms with Crippen LogP contribution in [0.25, 0.3) is 0 Å². The van der Waals surface area contributed by atoms with Crippen molar-refractivity contribution in [2.75, 3.05) is 7.11 Å². The van der Waals surface area contributed by atoms with E-state index >= 15 is 0 Å². The van der Waals surface area contributed by atoms with Crippen LogP contribution in [-0.4, -0.2) is 31.2 Å². The number of urea groups is 1. The zero-order chi connectivity index (χ0) is 10.6. The molecule has 14 heavy (non-hydrogen) atoms. The summed E-state index contributed by atoms with van der Waals surface area (Å²) >= 11 is 0. The molecule has 0 radical (unpaired) electrons. The SMILES string of the molecule is COC(=O)CCC1C=NC(=O)NC1=O. The van der Waals surface area contributed by atoms with Crippen molar-refractivity contribution < 1.29 is 19.1 Å². The average molecular weight is 198 g/mol. The van der Waals surface area contributed by atoms with Gasteiger partial charge in [0.15, 0.2) is 0 Å². The number of ether oxygens (including phenoxy) is 1. The Kier molecular flexibility index (Phi) is 3.33. The third-order valence-electron chi connectivity index (χ3n) is 1.83. The van der Waals surface area contributed by atoms with Gasteiger partial charge in [-0.3, -0.25) is 14.9 Å². The fraction of sp³-hybridized carbons (Fsp3) is 0.500. The molecule has 1 unspecified atom stereocenters. The lowest BCUT2D eigenvalue weighted by Crippen LogP contribution is -2.39. The molecule has 0 saturated heterocycles. The molecule has 1 aliphatic heterocycles. The summed E-state index contributed by atoms with van der Waals surface area (Å²) in [5.41, 5.74) is 0. The Hall–Kier alpha value is -1.72. The molecule has 0 bridgehead atoms. The van der Waals surface area contributed by atoms with Gasteiger partial charge in [0, 0.05) is 12.6 Å². The number of nitrogens with one attached hydrogen (secondary N) is 1. The van der Waals surface area contributed by atoms with E-state index in [2.05, 4.69) is 9.73 Å². The van der Waals surface area contributed by atoms with E-state index in [0.29, 0.717) is 6.42 Å². The minimum atomic E-state index is -0.663. The summed E-state index contributed by atoms with van der Waals surface area (Å²) in [6.45, 7) is 0. The summed E-state index contributed by atoms with van der Waals surface area (Å²) in [6.07, 6.45) is 1.69. The molecule has 1 rings (SSSR count). The van der Waals surface area contributed by atoms with Gasteiger partial charge in [0.2, 0.25) is 5.91 Å². The summed E-state index contributed by atoms with van der Waals surface area (Å²) in [7, 11) is 1.28. The summed E-state index contributed by atoms with van der Waals surface area (Å²) in [6, 6.07) is -0.663. The number of imide groups is 1. The summed E-state index contributed by atoms with van der Waals surface area (Å²) < 4.78 is 4.42. The van der Waals surface area contributed by atoms with Crippen molar-refractivity contribution in [2.24, 2.45) is 10.9 Å². The second-order valence-electron chi connectivity index (χ2n) is 2.79. The van der Waals surface area contributed by atoms with Crippen LogP contribution in [0, 0.1) is 5.92 Å². The number of hydrogen-bond acceptors (Lipinski definition) is 4. The van der Waals surface area contributed by atoms with Crippen molar-refractivity contribution in [1.82, 2.24) is 5.32 Å². The molecule has 0 aliphatic carbocycles. The van der Waals surface area contributed by atoms with Crippen LogP contribution in [0.15, 0.2) is 4.99 Å². The van der Waals surface area contributed by atoms with Crippen LogP contribution in [0.1, 0.15) is 12.8 Å². The molecule has 1 aliphatic rings. The van der Waals surface area contributed by atoms with E-state index in [4.69, 9.17) is 0 Å². The maximum absolute atomic E-state index is 11.1. The maximum Gasteiger partial charge on any atom is 0.347 e. The maximum atomic E-state index is 11.1. The van der Waals surface area contributed by atoms with E-state index in [-0.39, 0.29) is 12.4 Å². The normalized spacial score (nSPS) is 20.5. The van der Waals surface area contributed by atoms with E-state index < -0.39 is 17.9 Å². The van der Waals surface area contributed by atoms with E-state index in [9.17, 15) is 14.4 Å². The number of esters is 1. The minimum Gasteiger partial charge on any atom is -0.469 e. The Morgan fingerprint density at radius 3 is 2.93 bits per heavy atom. The number of methoxy groups -OCH3 is 1. The van der Waals surface area contributed by atoms with E-state index in [1.807, 2.05) is 5.32 Å². The number of amides is 3. The molecule has 3 amide bonds. The fourth-order valence-corrected chi connectivity index (χ4v) is 1.04. The largest absolute Gasteiger partial charge is 0.469 e. The Morgan fingerprint density at radius 1 is 1.64 bits per heavy atom. The second kappa shape index (κ2) is 4.50. The van der Waals surface area contributed by atoms with Crippen molar-refractivity contribution in [3.63, 3.8) is 0 Å². The Morgan fingerprint density at radius 2 is 2.36 bits per heavy atom. The van der Waals surface area contributed by atoms with Gasteiger partial charge in [-0.2, -0.15) is 0 Å². The van der Waals surface area contributed by atoms with Gasteiger partial charge in [0.1, 0.15) is 0 Å². The molecule has 0 spiro atoms. The molecule has 6 nitrogen and oxygen atoms in total. The van der Waals surface area contributed by atoms with Gasteiger partial charge in [-0.25, -0.2) is 9.79 Å². The Bertz CT molecular complexity index is 298. The van der Waals surface area contributed by atoms with Crippen LogP contribution in [0.4, 0.5) is 4.79 Å². The van der Waals surface area contributed by atoms with Gasteiger partial charge in [-0.15, -0.1) is 0 Å². The summed E-state index contributed by atoms with van der Waals surface area (Å²) in [4.78, 5) is 35.9. The first-order valence-corrected chi connectivity index (χ1v) is 4.09. The van der Waals surface area contributed by atoms with Gasteiger partial charge in [-0.05, 0) is 6.42 Å². The van der Waals surface area contributed by atoms with Gasteiger partial charge in [0.25, 0.3) is 0 Å². The quantitative estimate of drug-likeness (QED) is 0.640. The molecule has 0 aromatic carbocycles. The van der Waals surface area contributed by atoms with Gasteiger partial charge in [0.05, 0.1) is 13.0 Å². The first-order valence-electron chi connectivity index (χ1n) is 4.09. The monoisotopic (exact) mass is 198 g/mol. The molecule has 1 N–H and O–H groups in total. The van der Waals surface area contributed by atoms with Crippen LogP contribution >= 0.6 is 0 Å². The molecule has 0 saturated carbocycles. The van der Waals surface area contributed by atoms with E-state index in [0.717, 1.165) is 0 Å². The van der Waals surface area contributed by atoms with Crippen LogP contribution in [0.5, 0.6) is 0 Å². The zero-order valence-electron chi connectivity index (χ0n) is 7.65. The number of rotatable bonds is 3. The predicted molar refractivity (Wildman–Crippen MR) is 46.8 cm³/mol. The lowest BCUT2D eigenvalue weighted by molar-refractivity contribution is -0.140. The Labute approximate surface area is 80.3 Å². The second-order valence-corrected chi connectivity index (χ2v) is 2.79. The number of nitrogens with zero attached hydrogens (tertiary/aromatic N) is 1. The topological polar surface area (TPSA) is 84.8 Å². The van der Waals surface area contributed by atoms with Gasteiger partial charge in [-0.1, -0.05) is 0 Å². The van der Waals surface area contributed by atoms with Crippen molar-refractivity contribution in [3.8, 4) is 0 Å². The van der Waals surface area contributed by atoms with Gasteiger partial charge < -0.3 is 4.74 Å². The van der Waals surface area contributed by atoms with Crippen molar-refractivity contribution in [1.29, 1.82) is 0 Å². The van der Waals surface area contributed by atoms with E-state index in [1.54, 1.807) is 0 Å². The van der Waals surface area contributed by atoms with E-state index in [1.165, 1.54) is 13.3 Å². The highest BCUT2D eigenvalue weighted by Gasteiger charge is 2.23. The van der Waals surface area contributed by atoms with Gasteiger partial charge >= 0.3 is 12.0 Å². The van der Waals surface area contributed by atoms with Crippen molar-refractivity contribution >= 4 is 24.1 Å².